The van der Waals surface area contributed by atoms with Crippen LogP contribution in [0.5, 0.6) is 0 Å². The van der Waals surface area contributed by atoms with Gasteiger partial charge in [-0.2, -0.15) is 0 Å². The first kappa shape index (κ1) is 14.5. The lowest BCUT2D eigenvalue weighted by Crippen LogP contribution is -2.52. The van der Waals surface area contributed by atoms with Crippen molar-refractivity contribution in [3.63, 3.8) is 0 Å². The Balaban J connectivity index is 2.77. The summed E-state index contributed by atoms with van der Waals surface area (Å²) in [6.45, 7) is 0.465. The maximum atomic E-state index is 13.3. The molecule has 0 aromatic heterocycles. The van der Waals surface area contributed by atoms with E-state index in [1.54, 1.807) is 0 Å². The quantitative estimate of drug-likeness (QED) is 0.715. The molecule has 1 aromatic rings. The number of aliphatic hydroxyl groups excluding tert-OH is 2. The Labute approximate surface area is 103 Å². The fourth-order valence-corrected chi connectivity index (χ4v) is 1.37. The molecule has 0 aliphatic rings. The predicted octanol–water partition coefficient (Wildman–Crippen LogP) is 0.367. The standard InChI is InChI=1S/C12H15F2NO3/c1-12(6-16,7-17)15-11(18)5-8-9(13)3-2-4-10(8)14/h2-4,16-17H,5-7H2,1H3,(H,15,18). The van der Waals surface area contributed by atoms with Gasteiger partial charge in [0.25, 0.3) is 0 Å². The summed E-state index contributed by atoms with van der Waals surface area (Å²) in [5.74, 6) is -2.29. The van der Waals surface area contributed by atoms with Crippen LogP contribution < -0.4 is 5.32 Å². The monoisotopic (exact) mass is 259 g/mol. The summed E-state index contributed by atoms with van der Waals surface area (Å²) < 4.78 is 26.6. The van der Waals surface area contributed by atoms with E-state index in [1.165, 1.54) is 13.0 Å². The first-order valence-corrected chi connectivity index (χ1v) is 5.37. The first-order chi connectivity index (χ1) is 8.41. The molecule has 0 fully saturated rings. The number of carbonyl (C=O) groups excluding carboxylic acids is 1. The van der Waals surface area contributed by atoms with E-state index in [2.05, 4.69) is 5.32 Å². The van der Waals surface area contributed by atoms with E-state index >= 15 is 0 Å². The molecule has 0 bridgehead atoms. The molecular weight excluding hydrogens is 244 g/mol. The van der Waals surface area contributed by atoms with Crippen molar-refractivity contribution < 1.29 is 23.8 Å². The lowest BCUT2D eigenvalue weighted by atomic mass is 10.0. The zero-order valence-electron chi connectivity index (χ0n) is 9.91. The number of nitrogens with one attached hydrogen (secondary N) is 1. The highest BCUT2D eigenvalue weighted by Gasteiger charge is 2.25. The van der Waals surface area contributed by atoms with Crippen LogP contribution in [0.3, 0.4) is 0 Å². The molecule has 100 valence electrons. The molecule has 0 aliphatic heterocycles. The number of rotatable bonds is 5. The molecule has 1 amide bonds. The number of aliphatic hydroxyl groups is 2. The molecular formula is C12H15F2NO3. The summed E-state index contributed by atoms with van der Waals surface area (Å²) in [6.07, 6.45) is -0.492. The van der Waals surface area contributed by atoms with Crippen molar-refractivity contribution in [2.24, 2.45) is 0 Å². The number of halogens is 2. The van der Waals surface area contributed by atoms with Crippen LogP contribution >= 0.6 is 0 Å². The average molecular weight is 259 g/mol. The van der Waals surface area contributed by atoms with Crippen LogP contribution in [0.4, 0.5) is 8.78 Å². The molecule has 0 saturated heterocycles. The third-order valence-corrected chi connectivity index (χ3v) is 2.54. The third kappa shape index (κ3) is 3.48. The third-order valence-electron chi connectivity index (χ3n) is 2.54. The normalized spacial score (nSPS) is 11.4. The smallest absolute Gasteiger partial charge is 0.225 e. The van der Waals surface area contributed by atoms with Gasteiger partial charge >= 0.3 is 0 Å². The van der Waals surface area contributed by atoms with Gasteiger partial charge in [0.2, 0.25) is 5.91 Å². The number of hydrogen-bond donors (Lipinski definition) is 3. The van der Waals surface area contributed by atoms with E-state index in [9.17, 15) is 13.6 Å². The molecule has 0 aliphatic carbocycles. The van der Waals surface area contributed by atoms with Crippen molar-refractivity contribution in [2.45, 2.75) is 18.9 Å². The van der Waals surface area contributed by atoms with Crippen molar-refractivity contribution in [2.75, 3.05) is 13.2 Å². The van der Waals surface area contributed by atoms with E-state index in [1.807, 2.05) is 0 Å². The van der Waals surface area contributed by atoms with Gasteiger partial charge in [0.1, 0.15) is 11.6 Å². The second-order valence-corrected chi connectivity index (χ2v) is 4.30. The lowest BCUT2D eigenvalue weighted by molar-refractivity contribution is -0.123. The van der Waals surface area contributed by atoms with Gasteiger partial charge in [0, 0.05) is 5.56 Å². The summed E-state index contributed by atoms with van der Waals surface area (Å²) in [7, 11) is 0. The number of benzene rings is 1. The van der Waals surface area contributed by atoms with Crippen LogP contribution in [0.15, 0.2) is 18.2 Å². The molecule has 0 unspecified atom stereocenters. The zero-order valence-corrected chi connectivity index (χ0v) is 9.91. The minimum atomic E-state index is -1.21. The second kappa shape index (κ2) is 5.88. The van der Waals surface area contributed by atoms with Crippen LogP contribution in [0.25, 0.3) is 0 Å². The predicted molar refractivity (Wildman–Crippen MR) is 60.8 cm³/mol. The van der Waals surface area contributed by atoms with Crippen LogP contribution in [0, 0.1) is 11.6 Å². The Hall–Kier alpha value is -1.53. The van der Waals surface area contributed by atoms with Crippen molar-refractivity contribution in [1.82, 2.24) is 5.32 Å². The van der Waals surface area contributed by atoms with E-state index in [0.29, 0.717) is 0 Å². The highest BCUT2D eigenvalue weighted by molar-refractivity contribution is 5.79. The molecule has 3 N–H and O–H groups in total. The van der Waals surface area contributed by atoms with Gasteiger partial charge in [0.15, 0.2) is 0 Å². The average Bonchev–Trinajstić information content (AvgIpc) is 2.34. The SMILES string of the molecule is CC(CO)(CO)NC(=O)Cc1c(F)cccc1F. The van der Waals surface area contributed by atoms with E-state index in [4.69, 9.17) is 10.2 Å². The highest BCUT2D eigenvalue weighted by atomic mass is 19.1. The number of hydrogen-bond acceptors (Lipinski definition) is 3. The van der Waals surface area contributed by atoms with Crippen LogP contribution in [0.1, 0.15) is 12.5 Å². The molecule has 0 atom stereocenters. The van der Waals surface area contributed by atoms with E-state index < -0.39 is 42.7 Å². The molecule has 1 aromatic carbocycles. The Morgan fingerprint density at radius 1 is 1.28 bits per heavy atom. The van der Waals surface area contributed by atoms with Crippen LogP contribution in [-0.4, -0.2) is 34.9 Å². The van der Waals surface area contributed by atoms with Gasteiger partial charge < -0.3 is 15.5 Å². The van der Waals surface area contributed by atoms with Crippen LogP contribution in [0.2, 0.25) is 0 Å². The summed E-state index contributed by atoms with van der Waals surface area (Å²) in [5, 5.41) is 20.3. The van der Waals surface area contributed by atoms with Crippen molar-refractivity contribution >= 4 is 5.91 Å². The Morgan fingerprint density at radius 3 is 2.22 bits per heavy atom. The largest absolute Gasteiger partial charge is 0.394 e. The maximum absolute atomic E-state index is 13.3. The Kier molecular flexibility index (Phi) is 4.75. The second-order valence-electron chi connectivity index (χ2n) is 4.30. The zero-order chi connectivity index (χ0) is 13.8. The molecule has 0 heterocycles. The summed E-state index contributed by atoms with van der Waals surface area (Å²) in [5.41, 5.74) is -1.55. The van der Waals surface area contributed by atoms with Gasteiger partial charge in [-0.3, -0.25) is 4.79 Å². The summed E-state index contributed by atoms with van der Waals surface area (Å²) in [4.78, 5) is 11.6. The summed E-state index contributed by atoms with van der Waals surface area (Å²) in [6, 6.07) is 3.32. The number of carbonyl (C=O) groups is 1. The Bertz CT molecular complexity index is 413. The highest BCUT2D eigenvalue weighted by Crippen LogP contribution is 2.13. The fourth-order valence-electron chi connectivity index (χ4n) is 1.37. The van der Waals surface area contributed by atoms with Gasteiger partial charge in [-0.1, -0.05) is 6.07 Å². The molecule has 6 heteroatoms. The van der Waals surface area contributed by atoms with Gasteiger partial charge in [0.05, 0.1) is 25.2 Å². The van der Waals surface area contributed by atoms with Gasteiger partial charge in [-0.15, -0.1) is 0 Å². The van der Waals surface area contributed by atoms with E-state index in [-0.39, 0.29) is 5.56 Å². The topological polar surface area (TPSA) is 69.6 Å². The minimum Gasteiger partial charge on any atom is -0.394 e. The first-order valence-electron chi connectivity index (χ1n) is 5.37. The minimum absolute atomic E-state index is 0.340. The maximum Gasteiger partial charge on any atom is 0.225 e. The molecule has 18 heavy (non-hydrogen) atoms. The summed E-state index contributed by atoms with van der Waals surface area (Å²) >= 11 is 0. The van der Waals surface area contributed by atoms with Crippen molar-refractivity contribution in [3.8, 4) is 0 Å². The number of amides is 1. The van der Waals surface area contributed by atoms with Crippen molar-refractivity contribution in [1.29, 1.82) is 0 Å². The molecule has 0 radical (unpaired) electrons. The molecule has 1 rings (SSSR count). The molecule has 0 saturated carbocycles. The van der Waals surface area contributed by atoms with Gasteiger partial charge in [-0.25, -0.2) is 8.78 Å². The van der Waals surface area contributed by atoms with Crippen molar-refractivity contribution in [3.05, 3.63) is 35.4 Å². The van der Waals surface area contributed by atoms with Crippen LogP contribution in [-0.2, 0) is 11.2 Å². The van der Waals surface area contributed by atoms with Gasteiger partial charge in [-0.05, 0) is 19.1 Å². The molecule has 4 nitrogen and oxygen atoms in total. The fraction of sp³-hybridized carbons (Fsp3) is 0.417. The molecule has 0 spiro atoms. The Morgan fingerprint density at radius 2 is 1.78 bits per heavy atom. The lowest BCUT2D eigenvalue weighted by Gasteiger charge is -2.26. The van der Waals surface area contributed by atoms with E-state index in [0.717, 1.165) is 12.1 Å².